The Morgan fingerprint density at radius 2 is 0.610 bits per heavy atom. The zero-order valence-electron chi connectivity index (χ0n) is 55.2. The van der Waals surface area contributed by atoms with Crippen LogP contribution in [-0.4, -0.2) is 47.4 Å². The predicted molar refractivity (Wildman–Crippen MR) is 361 cm³/mol. The molecule has 0 heterocycles. The van der Waals surface area contributed by atoms with Gasteiger partial charge in [0.2, 0.25) is 5.91 Å². The third-order valence-corrected chi connectivity index (χ3v) is 17.1. The van der Waals surface area contributed by atoms with Gasteiger partial charge >= 0.3 is 5.97 Å². The molecule has 0 bridgehead atoms. The van der Waals surface area contributed by atoms with Gasteiger partial charge in [-0.05, 0) is 89.9 Å². The number of amides is 1. The smallest absolute Gasteiger partial charge is 0.305 e. The zero-order valence-corrected chi connectivity index (χ0v) is 55.2. The van der Waals surface area contributed by atoms with Crippen molar-refractivity contribution < 1.29 is 24.5 Å². The van der Waals surface area contributed by atoms with Gasteiger partial charge in [0.25, 0.3) is 0 Å². The quantitative estimate of drug-likeness (QED) is 0.0320. The van der Waals surface area contributed by atoms with E-state index < -0.39 is 12.1 Å². The first-order valence-electron chi connectivity index (χ1n) is 36.9. The maximum absolute atomic E-state index is 12.5. The molecule has 2 atom stereocenters. The second-order valence-electron chi connectivity index (χ2n) is 25.3. The number of carbonyl (C=O) groups is 2. The molecule has 0 saturated heterocycles. The molecule has 0 saturated carbocycles. The fourth-order valence-electron chi connectivity index (χ4n) is 11.5. The lowest BCUT2D eigenvalue weighted by Crippen LogP contribution is -2.45. The number of hydrogen-bond donors (Lipinski definition) is 3. The van der Waals surface area contributed by atoms with Crippen molar-refractivity contribution in [3.8, 4) is 0 Å². The lowest BCUT2D eigenvalue weighted by molar-refractivity contribution is -0.143. The Hall–Kier alpha value is -2.18. The second kappa shape index (κ2) is 71.3. The minimum absolute atomic E-state index is 0.00969. The van der Waals surface area contributed by atoms with Crippen LogP contribution in [0.2, 0.25) is 0 Å². The largest absolute Gasteiger partial charge is 0.466 e. The zero-order chi connectivity index (χ0) is 59.2. The number of rotatable bonds is 69. The van der Waals surface area contributed by atoms with Gasteiger partial charge in [-0.3, -0.25) is 9.59 Å². The van der Waals surface area contributed by atoms with E-state index in [0.717, 1.165) is 57.8 Å². The van der Waals surface area contributed by atoms with Gasteiger partial charge < -0.3 is 20.3 Å². The third kappa shape index (κ3) is 67.0. The highest BCUT2D eigenvalue weighted by Crippen LogP contribution is 2.19. The minimum Gasteiger partial charge on any atom is -0.466 e. The van der Waals surface area contributed by atoms with Gasteiger partial charge in [0.1, 0.15) is 0 Å². The molecule has 3 N–H and O–H groups in total. The summed E-state index contributed by atoms with van der Waals surface area (Å²) in [4.78, 5) is 24.6. The van der Waals surface area contributed by atoms with E-state index in [1.54, 1.807) is 0 Å². The Morgan fingerprint density at radius 1 is 0.341 bits per heavy atom. The summed E-state index contributed by atoms with van der Waals surface area (Å²) >= 11 is 0. The average Bonchev–Trinajstić information content (AvgIpc) is 3.48. The van der Waals surface area contributed by atoms with Gasteiger partial charge in [-0.2, -0.15) is 0 Å². The van der Waals surface area contributed by atoms with Gasteiger partial charge in [-0.15, -0.1) is 0 Å². The van der Waals surface area contributed by atoms with E-state index >= 15 is 0 Å². The fraction of sp³-hybridized carbons (Fsp3) is 0.868. The summed E-state index contributed by atoms with van der Waals surface area (Å²) in [6.07, 6.45) is 93.1. The van der Waals surface area contributed by atoms with Crippen LogP contribution in [0, 0.1) is 0 Å². The minimum atomic E-state index is -0.664. The summed E-state index contributed by atoms with van der Waals surface area (Å²) in [5.74, 6) is -0.0223. The van der Waals surface area contributed by atoms with E-state index in [4.69, 9.17) is 4.74 Å². The molecule has 0 aliphatic rings. The molecule has 0 rings (SSSR count). The first kappa shape index (κ1) is 79.8. The van der Waals surface area contributed by atoms with Crippen LogP contribution >= 0.6 is 0 Å². The number of carbonyl (C=O) groups excluding carboxylic acids is 2. The van der Waals surface area contributed by atoms with E-state index in [-0.39, 0.29) is 18.5 Å². The van der Waals surface area contributed by atoms with Crippen LogP contribution in [0.1, 0.15) is 399 Å². The molecule has 0 spiro atoms. The van der Waals surface area contributed by atoms with Crippen LogP contribution in [0.4, 0.5) is 0 Å². The normalized spacial score (nSPS) is 12.8. The van der Waals surface area contributed by atoms with Crippen LogP contribution in [0.15, 0.2) is 48.6 Å². The Bertz CT molecular complexity index is 1370. The van der Waals surface area contributed by atoms with E-state index in [1.807, 2.05) is 0 Å². The van der Waals surface area contributed by atoms with Crippen molar-refractivity contribution in [2.75, 3.05) is 13.2 Å². The predicted octanol–water partition coefficient (Wildman–Crippen LogP) is 24.0. The summed E-state index contributed by atoms with van der Waals surface area (Å²) in [7, 11) is 0. The number of hydrogen-bond acceptors (Lipinski definition) is 5. The number of aliphatic hydroxyl groups is 2. The third-order valence-electron chi connectivity index (χ3n) is 17.1. The molecule has 0 fully saturated rings. The maximum Gasteiger partial charge on any atom is 0.305 e. The van der Waals surface area contributed by atoms with Crippen molar-refractivity contribution in [2.24, 2.45) is 0 Å². The lowest BCUT2D eigenvalue weighted by Gasteiger charge is -2.22. The molecule has 2 unspecified atom stereocenters. The van der Waals surface area contributed by atoms with Crippen LogP contribution in [0.5, 0.6) is 0 Å². The van der Waals surface area contributed by atoms with Crippen molar-refractivity contribution in [1.82, 2.24) is 5.32 Å². The van der Waals surface area contributed by atoms with Gasteiger partial charge in [-0.25, -0.2) is 0 Å². The average molecular weight is 1150 g/mol. The Labute approximate surface area is 512 Å². The highest BCUT2D eigenvalue weighted by Gasteiger charge is 2.20. The van der Waals surface area contributed by atoms with Gasteiger partial charge in [0, 0.05) is 12.8 Å². The first-order valence-corrected chi connectivity index (χ1v) is 36.9. The molecule has 0 radical (unpaired) electrons. The van der Waals surface area contributed by atoms with Crippen molar-refractivity contribution in [3.05, 3.63) is 48.6 Å². The maximum atomic E-state index is 12.5. The number of unbranched alkanes of at least 4 members (excludes halogenated alkanes) is 50. The second-order valence-corrected chi connectivity index (χ2v) is 25.3. The number of allylic oxidation sites excluding steroid dienone is 8. The standard InChI is InChI=1S/C76H143NO5/c1-3-5-7-9-11-13-15-17-19-20-34-38-42-46-50-54-58-62-66-70-76(81)82-71-67-63-59-55-51-47-43-39-36-33-31-29-27-25-23-21-22-24-26-28-30-32-35-37-41-45-49-53-57-61-65-69-75(80)77-73(72-78)74(79)68-64-60-56-52-48-44-40-18-16-14-12-10-8-6-4-2/h11,13,17,19,23,25,29,31,73-74,78-79H,3-10,12,14-16,18,20-22,24,26-28,30,32-72H2,1-2H3,(H,77,80)/b13-11-,19-17-,25-23-,31-29-. The number of esters is 1. The first-order chi connectivity index (χ1) is 40.5. The van der Waals surface area contributed by atoms with Gasteiger partial charge in [0.05, 0.1) is 25.4 Å². The highest BCUT2D eigenvalue weighted by atomic mass is 16.5. The fourth-order valence-corrected chi connectivity index (χ4v) is 11.5. The van der Waals surface area contributed by atoms with E-state index in [0.29, 0.717) is 25.9 Å². The summed E-state index contributed by atoms with van der Waals surface area (Å²) in [5.41, 5.74) is 0. The van der Waals surface area contributed by atoms with Crippen molar-refractivity contribution in [1.29, 1.82) is 0 Å². The molecule has 0 aliphatic heterocycles. The Kier molecular flexibility index (Phi) is 69.4. The SMILES string of the molecule is CCCCC/C=C\C/C=C\CCCCCCCCCCCC(=O)OCCCCCCCCCCC/C=C\C/C=C\CCCCCCCCCCCCCCCCCC(=O)NC(CO)C(O)CCCCCCCCCCCCCCCCC. The molecule has 0 aromatic heterocycles. The lowest BCUT2D eigenvalue weighted by atomic mass is 10.0. The Morgan fingerprint density at radius 3 is 0.951 bits per heavy atom. The van der Waals surface area contributed by atoms with E-state index in [2.05, 4.69) is 67.8 Å². The molecular weight excluding hydrogens is 1010 g/mol. The molecule has 6 heteroatoms. The molecule has 0 aliphatic carbocycles. The van der Waals surface area contributed by atoms with Gasteiger partial charge in [-0.1, -0.05) is 345 Å². The summed E-state index contributed by atoms with van der Waals surface area (Å²) in [6, 6.07) is -0.541. The molecule has 6 nitrogen and oxygen atoms in total. The summed E-state index contributed by atoms with van der Waals surface area (Å²) in [5, 5.41) is 23.3. The van der Waals surface area contributed by atoms with E-state index in [1.165, 1.54) is 308 Å². The van der Waals surface area contributed by atoms with Crippen LogP contribution < -0.4 is 5.32 Å². The monoisotopic (exact) mass is 1150 g/mol. The molecule has 0 aromatic rings. The van der Waals surface area contributed by atoms with Crippen LogP contribution in [-0.2, 0) is 14.3 Å². The summed E-state index contributed by atoms with van der Waals surface area (Å²) in [6.45, 7) is 4.95. The molecular formula is C76H143NO5. The topological polar surface area (TPSA) is 95.9 Å². The molecule has 82 heavy (non-hydrogen) atoms. The van der Waals surface area contributed by atoms with Crippen molar-refractivity contribution in [3.63, 3.8) is 0 Å². The van der Waals surface area contributed by atoms with Crippen molar-refractivity contribution in [2.45, 2.75) is 411 Å². The number of aliphatic hydroxyl groups excluding tert-OH is 2. The summed E-state index contributed by atoms with van der Waals surface area (Å²) < 4.78 is 5.50. The van der Waals surface area contributed by atoms with Crippen LogP contribution in [0.3, 0.4) is 0 Å². The Balaban J connectivity index is 3.38. The molecule has 1 amide bonds. The highest BCUT2D eigenvalue weighted by molar-refractivity contribution is 5.76. The molecule has 482 valence electrons. The van der Waals surface area contributed by atoms with Crippen LogP contribution in [0.25, 0.3) is 0 Å². The number of nitrogens with one attached hydrogen (secondary N) is 1. The molecule has 0 aromatic carbocycles. The number of ether oxygens (including phenoxy) is 1. The van der Waals surface area contributed by atoms with E-state index in [9.17, 15) is 19.8 Å². The van der Waals surface area contributed by atoms with Crippen molar-refractivity contribution >= 4 is 11.9 Å². The van der Waals surface area contributed by atoms with Gasteiger partial charge in [0.15, 0.2) is 0 Å².